The molecule has 3 aliphatic rings. The molecule has 4 heteroatoms. The number of piperidine rings is 1. The molecule has 0 radical (unpaired) electrons. The van der Waals surface area contributed by atoms with E-state index in [9.17, 15) is 4.79 Å². The average molecular weight is 286 g/mol. The van der Waals surface area contributed by atoms with Crippen molar-refractivity contribution in [2.24, 2.45) is 0 Å². The second-order valence-electron chi connectivity index (χ2n) is 6.32. The maximum Gasteiger partial charge on any atom is 0.227 e. The quantitative estimate of drug-likeness (QED) is 0.834. The highest BCUT2D eigenvalue weighted by Crippen LogP contribution is 2.36. The van der Waals surface area contributed by atoms with Crippen molar-refractivity contribution in [3.63, 3.8) is 0 Å². The van der Waals surface area contributed by atoms with E-state index < -0.39 is 0 Å². The minimum absolute atomic E-state index is 0.284. The smallest absolute Gasteiger partial charge is 0.227 e. The predicted octanol–water partition coefficient (Wildman–Crippen LogP) is 2.05. The summed E-state index contributed by atoms with van der Waals surface area (Å²) < 4.78 is 5.56. The number of para-hydroxylation sites is 1. The van der Waals surface area contributed by atoms with Crippen molar-refractivity contribution in [2.45, 2.75) is 43.8 Å². The number of likely N-dealkylation sites (tertiary alicyclic amines) is 1. The number of nitrogens with zero attached hydrogens (tertiary/aromatic N) is 2. The Morgan fingerprint density at radius 3 is 2.67 bits per heavy atom. The summed E-state index contributed by atoms with van der Waals surface area (Å²) in [5, 5.41) is 0. The van der Waals surface area contributed by atoms with Gasteiger partial charge in [-0.3, -0.25) is 9.69 Å². The van der Waals surface area contributed by atoms with E-state index in [1.807, 2.05) is 18.2 Å². The topological polar surface area (TPSA) is 32.8 Å². The summed E-state index contributed by atoms with van der Waals surface area (Å²) in [5.41, 5.74) is 1.06. The van der Waals surface area contributed by atoms with Gasteiger partial charge in [0.2, 0.25) is 5.91 Å². The van der Waals surface area contributed by atoms with Gasteiger partial charge in [-0.2, -0.15) is 0 Å². The van der Waals surface area contributed by atoms with Crippen LogP contribution in [0.4, 0.5) is 5.69 Å². The monoisotopic (exact) mass is 286 g/mol. The number of anilines is 1. The van der Waals surface area contributed by atoms with Crippen molar-refractivity contribution in [3.05, 3.63) is 30.3 Å². The van der Waals surface area contributed by atoms with Crippen LogP contribution in [0.5, 0.6) is 0 Å². The van der Waals surface area contributed by atoms with E-state index in [1.165, 1.54) is 0 Å². The maximum atomic E-state index is 12.4. The predicted molar refractivity (Wildman–Crippen MR) is 81.3 cm³/mol. The highest BCUT2D eigenvalue weighted by Gasteiger charge is 2.46. The van der Waals surface area contributed by atoms with Crippen LogP contribution in [0, 0.1) is 0 Å². The molecule has 0 N–H and O–H groups in total. The lowest BCUT2D eigenvalue weighted by molar-refractivity contribution is -0.121. The minimum atomic E-state index is 0.284. The van der Waals surface area contributed by atoms with Gasteiger partial charge in [0.1, 0.15) is 0 Å². The van der Waals surface area contributed by atoms with Crippen LogP contribution >= 0.6 is 0 Å². The number of amides is 1. The summed E-state index contributed by atoms with van der Waals surface area (Å²) >= 11 is 0. The van der Waals surface area contributed by atoms with Crippen molar-refractivity contribution in [2.75, 3.05) is 24.7 Å². The van der Waals surface area contributed by atoms with Crippen molar-refractivity contribution in [3.8, 4) is 0 Å². The van der Waals surface area contributed by atoms with E-state index in [4.69, 9.17) is 4.74 Å². The number of carbonyl (C=O) groups excluding carboxylic acids is 1. The molecule has 0 bridgehead atoms. The largest absolute Gasteiger partial charge is 0.380 e. The molecular weight excluding hydrogens is 264 g/mol. The van der Waals surface area contributed by atoms with Crippen LogP contribution < -0.4 is 4.90 Å². The third-order valence-corrected chi connectivity index (χ3v) is 5.22. The van der Waals surface area contributed by atoms with E-state index in [0.717, 1.165) is 44.7 Å². The maximum absolute atomic E-state index is 12.4. The molecule has 1 aromatic carbocycles. The number of ether oxygens (including phenoxy) is 1. The second-order valence-corrected chi connectivity index (χ2v) is 6.32. The molecule has 0 aliphatic carbocycles. The second kappa shape index (κ2) is 5.43. The van der Waals surface area contributed by atoms with Gasteiger partial charge in [-0.05, 0) is 31.4 Å². The average Bonchev–Trinajstić information content (AvgIpc) is 3.16. The van der Waals surface area contributed by atoms with Crippen molar-refractivity contribution < 1.29 is 9.53 Å². The van der Waals surface area contributed by atoms with Crippen LogP contribution in [-0.2, 0) is 9.53 Å². The highest BCUT2D eigenvalue weighted by atomic mass is 16.5. The molecule has 112 valence electrons. The molecule has 3 heterocycles. The van der Waals surface area contributed by atoms with Gasteiger partial charge in [0, 0.05) is 37.3 Å². The molecule has 1 unspecified atom stereocenters. The van der Waals surface area contributed by atoms with E-state index in [-0.39, 0.29) is 5.91 Å². The van der Waals surface area contributed by atoms with Crippen LogP contribution in [0.1, 0.15) is 25.7 Å². The summed E-state index contributed by atoms with van der Waals surface area (Å²) in [4.78, 5) is 17.1. The molecule has 3 saturated heterocycles. The number of benzene rings is 1. The molecule has 0 aromatic heterocycles. The Bertz CT molecular complexity index is 513. The number of hydrogen-bond donors (Lipinski definition) is 0. The third-order valence-electron chi connectivity index (χ3n) is 5.22. The molecule has 1 aromatic rings. The SMILES string of the molecule is O=C1CC[C@@H]2[C@@H](CCN2C2CCOC2)N1c1ccccc1. The molecule has 3 fully saturated rings. The first-order chi connectivity index (χ1) is 10.3. The Kier molecular flexibility index (Phi) is 3.43. The fourth-order valence-corrected chi connectivity index (χ4v) is 4.26. The lowest BCUT2D eigenvalue weighted by Gasteiger charge is -2.41. The van der Waals surface area contributed by atoms with Crippen molar-refractivity contribution in [1.82, 2.24) is 4.90 Å². The standard InChI is InChI=1S/C17H22N2O2/c20-17-7-6-15-16(19(17)13-4-2-1-3-5-13)8-10-18(15)14-9-11-21-12-14/h1-5,14-16H,6-12H2/t14?,15-,16-/m1/s1. The zero-order chi connectivity index (χ0) is 14.2. The zero-order valence-corrected chi connectivity index (χ0v) is 12.3. The molecule has 4 rings (SSSR count). The number of carbonyl (C=O) groups is 1. The van der Waals surface area contributed by atoms with Crippen LogP contribution in [0.2, 0.25) is 0 Å². The lowest BCUT2D eigenvalue weighted by atomic mass is 9.95. The normalized spacial score (nSPS) is 33.4. The Hall–Kier alpha value is -1.39. The van der Waals surface area contributed by atoms with Crippen molar-refractivity contribution in [1.29, 1.82) is 0 Å². The molecule has 3 atom stereocenters. The molecule has 0 saturated carbocycles. The first kappa shape index (κ1) is 13.3. The first-order valence-electron chi connectivity index (χ1n) is 8.05. The van der Waals surface area contributed by atoms with E-state index in [2.05, 4.69) is 21.9 Å². The van der Waals surface area contributed by atoms with Crippen LogP contribution in [0.25, 0.3) is 0 Å². The summed E-state index contributed by atoms with van der Waals surface area (Å²) in [6.45, 7) is 2.85. The van der Waals surface area contributed by atoms with Crippen LogP contribution in [0.15, 0.2) is 30.3 Å². The summed E-state index contributed by atoms with van der Waals surface area (Å²) in [6.07, 6.45) is 3.90. The zero-order valence-electron chi connectivity index (χ0n) is 12.3. The van der Waals surface area contributed by atoms with Gasteiger partial charge in [0.05, 0.1) is 12.6 Å². The molecule has 3 aliphatic heterocycles. The van der Waals surface area contributed by atoms with Crippen LogP contribution in [0.3, 0.4) is 0 Å². The van der Waals surface area contributed by atoms with Crippen LogP contribution in [-0.4, -0.2) is 48.7 Å². The summed E-state index contributed by atoms with van der Waals surface area (Å²) in [7, 11) is 0. The Labute approximate surface area is 125 Å². The van der Waals surface area contributed by atoms with Crippen molar-refractivity contribution >= 4 is 11.6 Å². The van der Waals surface area contributed by atoms with Gasteiger partial charge in [0.25, 0.3) is 0 Å². The molecule has 1 amide bonds. The minimum Gasteiger partial charge on any atom is -0.380 e. The van der Waals surface area contributed by atoms with Gasteiger partial charge < -0.3 is 9.64 Å². The van der Waals surface area contributed by atoms with E-state index in [1.54, 1.807) is 0 Å². The third kappa shape index (κ3) is 2.27. The Morgan fingerprint density at radius 2 is 1.90 bits per heavy atom. The fourth-order valence-electron chi connectivity index (χ4n) is 4.26. The van der Waals surface area contributed by atoms with E-state index in [0.29, 0.717) is 24.5 Å². The van der Waals surface area contributed by atoms with Gasteiger partial charge in [-0.25, -0.2) is 0 Å². The first-order valence-corrected chi connectivity index (χ1v) is 8.05. The molecule has 0 spiro atoms. The molecule has 4 nitrogen and oxygen atoms in total. The Balaban J connectivity index is 1.59. The fraction of sp³-hybridized carbons (Fsp3) is 0.588. The summed E-state index contributed by atoms with van der Waals surface area (Å²) in [5.74, 6) is 0.284. The van der Waals surface area contributed by atoms with Gasteiger partial charge in [0.15, 0.2) is 0 Å². The Morgan fingerprint density at radius 1 is 1.05 bits per heavy atom. The number of hydrogen-bond acceptors (Lipinski definition) is 3. The van der Waals surface area contributed by atoms with Gasteiger partial charge in [-0.15, -0.1) is 0 Å². The number of fused-ring (bicyclic) bond motifs is 1. The highest BCUT2D eigenvalue weighted by molar-refractivity contribution is 5.95. The van der Waals surface area contributed by atoms with Gasteiger partial charge in [-0.1, -0.05) is 18.2 Å². The molecule has 21 heavy (non-hydrogen) atoms. The van der Waals surface area contributed by atoms with Gasteiger partial charge >= 0.3 is 0 Å². The number of rotatable bonds is 2. The molecular formula is C17H22N2O2. The lowest BCUT2D eigenvalue weighted by Crippen LogP contribution is -2.54. The van der Waals surface area contributed by atoms with E-state index >= 15 is 0 Å². The summed E-state index contributed by atoms with van der Waals surface area (Å²) in [6, 6.07) is 11.6.